The van der Waals surface area contributed by atoms with Gasteiger partial charge in [0.25, 0.3) is 11.6 Å². The summed E-state index contributed by atoms with van der Waals surface area (Å²) in [7, 11) is 0. The Labute approximate surface area is 166 Å². The van der Waals surface area contributed by atoms with Crippen LogP contribution in [0.25, 0.3) is 0 Å². The summed E-state index contributed by atoms with van der Waals surface area (Å²) in [6.07, 6.45) is 0. The molecule has 1 aliphatic rings. The first-order chi connectivity index (χ1) is 12.9. The van der Waals surface area contributed by atoms with Crippen molar-refractivity contribution in [3.63, 3.8) is 0 Å². The maximum absolute atomic E-state index is 12.6. The fourth-order valence-corrected chi connectivity index (χ4v) is 4.55. The molecule has 0 radical (unpaired) electrons. The monoisotopic (exact) mass is 410 g/mol. The van der Waals surface area contributed by atoms with Crippen LogP contribution in [-0.2, 0) is 11.3 Å². The van der Waals surface area contributed by atoms with Crippen LogP contribution < -0.4 is 15.1 Å². The van der Waals surface area contributed by atoms with E-state index >= 15 is 0 Å². The number of carbonyl (C=O) groups excluding carboxylic acids is 1. The van der Waals surface area contributed by atoms with E-state index in [-0.39, 0.29) is 23.3 Å². The summed E-state index contributed by atoms with van der Waals surface area (Å²) in [6.45, 7) is 6.58. The number of hydrogen-bond donors (Lipinski definition) is 3. The van der Waals surface area contributed by atoms with Gasteiger partial charge < -0.3 is 15.1 Å². The van der Waals surface area contributed by atoms with Gasteiger partial charge in [-0.3, -0.25) is 14.9 Å². The van der Waals surface area contributed by atoms with Crippen LogP contribution in [0.1, 0.15) is 11.8 Å². The number of nitro groups is 1. The molecule has 1 aliphatic heterocycles. The highest BCUT2D eigenvalue weighted by Gasteiger charge is 2.32. The van der Waals surface area contributed by atoms with Gasteiger partial charge in [-0.15, -0.1) is 11.3 Å². The van der Waals surface area contributed by atoms with E-state index in [1.54, 1.807) is 29.5 Å². The number of para-hydroxylation sites is 2. The number of carbonyl (C=O) groups is 1. The van der Waals surface area contributed by atoms with Gasteiger partial charge in [0, 0.05) is 6.07 Å². The molecule has 1 aromatic carbocycles. The molecule has 2 aromatic rings. The largest absolute Gasteiger partial charge is 0.321 e. The number of hydrogen-bond acceptors (Lipinski definition) is 4. The summed E-state index contributed by atoms with van der Waals surface area (Å²) < 4.78 is 0.814. The first-order valence-electron chi connectivity index (χ1n) is 8.90. The SMILES string of the molecule is C[C@H](C(=O)Nc1ccccc1[N+](=O)[O-])[NH+]1CC[NH+](Cc2ccc(Cl)s2)CC1. The van der Waals surface area contributed by atoms with E-state index in [4.69, 9.17) is 11.6 Å². The van der Waals surface area contributed by atoms with Crippen LogP contribution >= 0.6 is 22.9 Å². The predicted octanol–water partition coefficient (Wildman–Crippen LogP) is 0.620. The number of nitro benzene ring substituents is 1. The van der Waals surface area contributed by atoms with E-state index in [9.17, 15) is 14.9 Å². The zero-order valence-electron chi connectivity index (χ0n) is 15.0. The lowest BCUT2D eigenvalue weighted by atomic mass is 10.2. The molecule has 144 valence electrons. The van der Waals surface area contributed by atoms with Crippen molar-refractivity contribution in [2.45, 2.75) is 19.5 Å². The Hall–Kier alpha value is -2.00. The third kappa shape index (κ3) is 5.04. The van der Waals surface area contributed by atoms with Crippen LogP contribution in [-0.4, -0.2) is 43.1 Å². The predicted molar refractivity (Wildman–Crippen MR) is 106 cm³/mol. The molecule has 1 saturated heterocycles. The molecule has 0 spiro atoms. The lowest BCUT2D eigenvalue weighted by molar-refractivity contribution is -1.02. The number of rotatable bonds is 6. The van der Waals surface area contributed by atoms with Crippen LogP contribution in [0.15, 0.2) is 36.4 Å². The van der Waals surface area contributed by atoms with Gasteiger partial charge in [0.1, 0.15) is 38.4 Å². The quantitative estimate of drug-likeness (QED) is 0.482. The van der Waals surface area contributed by atoms with Crippen LogP contribution in [0, 0.1) is 10.1 Å². The molecule has 0 saturated carbocycles. The fraction of sp³-hybridized carbons (Fsp3) is 0.389. The van der Waals surface area contributed by atoms with Crippen molar-refractivity contribution in [3.8, 4) is 0 Å². The molecule has 27 heavy (non-hydrogen) atoms. The first-order valence-corrected chi connectivity index (χ1v) is 10.1. The summed E-state index contributed by atoms with van der Waals surface area (Å²) >= 11 is 7.61. The molecule has 1 amide bonds. The average Bonchev–Trinajstić information content (AvgIpc) is 3.06. The van der Waals surface area contributed by atoms with Crippen molar-refractivity contribution in [1.82, 2.24) is 0 Å². The molecular weight excluding hydrogens is 388 g/mol. The third-order valence-electron chi connectivity index (χ3n) is 5.02. The molecule has 1 atom stereocenters. The van der Waals surface area contributed by atoms with Gasteiger partial charge in [0.05, 0.1) is 14.1 Å². The Morgan fingerprint density at radius 2 is 1.96 bits per heavy atom. The maximum atomic E-state index is 12.6. The van der Waals surface area contributed by atoms with E-state index in [0.29, 0.717) is 0 Å². The minimum Gasteiger partial charge on any atom is -0.321 e. The van der Waals surface area contributed by atoms with E-state index in [2.05, 4.69) is 11.4 Å². The molecule has 1 aromatic heterocycles. The fourth-order valence-electron chi connectivity index (χ4n) is 3.39. The van der Waals surface area contributed by atoms with Gasteiger partial charge in [-0.05, 0) is 25.1 Å². The van der Waals surface area contributed by atoms with Gasteiger partial charge in [0.2, 0.25) is 0 Å². The molecule has 3 N–H and O–H groups in total. The Bertz CT molecular complexity index is 820. The molecule has 0 bridgehead atoms. The van der Waals surface area contributed by atoms with Gasteiger partial charge in [-0.1, -0.05) is 23.7 Å². The highest BCUT2D eigenvalue weighted by Crippen LogP contribution is 2.23. The minimum absolute atomic E-state index is 0.0862. The molecular formula is C18H23ClN4O3S+2. The van der Waals surface area contributed by atoms with Crippen molar-refractivity contribution < 1.29 is 19.5 Å². The topological polar surface area (TPSA) is 81.1 Å². The number of benzene rings is 1. The minimum atomic E-state index is -0.480. The highest BCUT2D eigenvalue weighted by molar-refractivity contribution is 7.16. The number of anilines is 1. The second-order valence-electron chi connectivity index (χ2n) is 6.78. The van der Waals surface area contributed by atoms with Crippen molar-refractivity contribution in [3.05, 3.63) is 55.7 Å². The number of amides is 1. The number of quaternary nitrogens is 2. The van der Waals surface area contributed by atoms with E-state index in [1.807, 2.05) is 13.0 Å². The van der Waals surface area contributed by atoms with Gasteiger partial charge in [-0.25, -0.2) is 0 Å². The molecule has 0 unspecified atom stereocenters. The second kappa shape index (κ2) is 8.79. The van der Waals surface area contributed by atoms with Gasteiger partial charge in [-0.2, -0.15) is 0 Å². The molecule has 2 heterocycles. The Kier molecular flexibility index (Phi) is 6.43. The summed E-state index contributed by atoms with van der Waals surface area (Å²) in [6, 6.07) is 9.96. The van der Waals surface area contributed by atoms with Crippen LogP contribution in [0.3, 0.4) is 0 Å². The smallest absolute Gasteiger partial charge is 0.292 e. The van der Waals surface area contributed by atoms with E-state index in [0.717, 1.165) is 37.1 Å². The summed E-state index contributed by atoms with van der Waals surface area (Å²) in [5.74, 6) is -0.187. The summed E-state index contributed by atoms with van der Waals surface area (Å²) in [5, 5.41) is 13.8. The van der Waals surface area contributed by atoms with Crippen LogP contribution in [0.5, 0.6) is 0 Å². The normalized spacial score (nSPS) is 20.8. The summed E-state index contributed by atoms with van der Waals surface area (Å²) in [5.41, 5.74) is 0.162. The van der Waals surface area contributed by atoms with E-state index in [1.165, 1.54) is 20.7 Å². The number of nitrogens with zero attached hydrogens (tertiary/aromatic N) is 1. The lowest BCUT2D eigenvalue weighted by Gasteiger charge is -2.32. The van der Waals surface area contributed by atoms with Crippen molar-refractivity contribution in [2.24, 2.45) is 0 Å². The number of nitrogens with one attached hydrogen (secondary N) is 3. The zero-order chi connectivity index (χ0) is 19.4. The maximum Gasteiger partial charge on any atom is 0.292 e. The third-order valence-corrected chi connectivity index (χ3v) is 6.25. The van der Waals surface area contributed by atoms with Crippen LogP contribution in [0.2, 0.25) is 4.34 Å². The molecule has 3 rings (SSSR count). The Morgan fingerprint density at radius 1 is 1.26 bits per heavy atom. The number of piperazine rings is 1. The average molecular weight is 411 g/mol. The van der Waals surface area contributed by atoms with E-state index < -0.39 is 4.92 Å². The second-order valence-corrected chi connectivity index (χ2v) is 8.58. The first kappa shape index (κ1) is 19.8. The molecule has 7 nitrogen and oxygen atoms in total. The summed E-state index contributed by atoms with van der Waals surface area (Å²) in [4.78, 5) is 27.2. The number of thiophene rings is 1. The lowest BCUT2D eigenvalue weighted by Crippen LogP contribution is -3.29. The van der Waals surface area contributed by atoms with Gasteiger partial charge >= 0.3 is 0 Å². The van der Waals surface area contributed by atoms with Gasteiger partial charge in [0.15, 0.2) is 6.04 Å². The molecule has 0 aliphatic carbocycles. The van der Waals surface area contributed by atoms with Crippen molar-refractivity contribution >= 4 is 40.2 Å². The zero-order valence-corrected chi connectivity index (χ0v) is 16.6. The Morgan fingerprint density at radius 3 is 2.59 bits per heavy atom. The molecule has 1 fully saturated rings. The Balaban J connectivity index is 1.53. The van der Waals surface area contributed by atoms with Crippen molar-refractivity contribution in [1.29, 1.82) is 0 Å². The molecule has 9 heteroatoms. The highest BCUT2D eigenvalue weighted by atomic mass is 35.5. The van der Waals surface area contributed by atoms with Crippen LogP contribution in [0.4, 0.5) is 11.4 Å². The number of halogens is 1. The standard InChI is InChI=1S/C18H21ClN4O3S/c1-13(18(24)20-15-4-2-3-5-16(15)23(25)26)22-10-8-21(9-11-22)12-14-6-7-17(19)27-14/h2-7,13H,8-12H2,1H3,(H,20,24)/p+2/t13-/m1/s1. The van der Waals surface area contributed by atoms with Crippen molar-refractivity contribution in [2.75, 3.05) is 31.5 Å².